The number of hydrogen-bond donors (Lipinski definition) is 0. The van der Waals surface area contributed by atoms with Crippen molar-refractivity contribution in [2.75, 3.05) is 42.2 Å². The molecule has 0 saturated carbocycles. The molecule has 0 aromatic rings. The van der Waals surface area contributed by atoms with E-state index in [0.717, 1.165) is 0 Å². The lowest BCUT2D eigenvalue weighted by molar-refractivity contribution is -0.132. The first-order valence-electron chi connectivity index (χ1n) is 7.16. The van der Waals surface area contributed by atoms with Crippen molar-refractivity contribution >= 4 is 14.5 Å². The van der Waals surface area contributed by atoms with Gasteiger partial charge in [-0.3, -0.25) is 0 Å². The number of ether oxygens (including phenoxy) is 4. The van der Waals surface area contributed by atoms with Crippen molar-refractivity contribution in [3.63, 3.8) is 0 Å². The Morgan fingerprint density at radius 3 is 1.86 bits per heavy atom. The highest BCUT2D eigenvalue weighted by molar-refractivity contribution is 6.69. The summed E-state index contributed by atoms with van der Waals surface area (Å²) in [4.78, 5) is 4.71. The highest BCUT2D eigenvalue weighted by Crippen LogP contribution is 2.19. The molecule has 0 rings (SSSR count). The smallest absolute Gasteiger partial charge is 0.184 e. The standard InChI is InChI=1S/C14H31NO6Si/c1-16-10-12(21-22(6,7)8)14(19-4)13(18-3)11(17-2)9-15-20-5/h9,11-14H,10H2,1-8H3/t11-,12+,13+,14-/m0/s1. The van der Waals surface area contributed by atoms with Gasteiger partial charge in [-0.25, -0.2) is 0 Å². The fourth-order valence-electron chi connectivity index (χ4n) is 2.17. The molecule has 0 heterocycles. The van der Waals surface area contributed by atoms with Gasteiger partial charge in [-0.05, 0) is 19.6 Å². The van der Waals surface area contributed by atoms with Crippen molar-refractivity contribution in [1.82, 2.24) is 0 Å². The molecule has 0 unspecified atom stereocenters. The van der Waals surface area contributed by atoms with E-state index in [9.17, 15) is 0 Å². The lowest BCUT2D eigenvalue weighted by Crippen LogP contribution is -2.52. The zero-order valence-electron chi connectivity index (χ0n) is 15.0. The summed E-state index contributed by atoms with van der Waals surface area (Å²) in [5.74, 6) is 0. The van der Waals surface area contributed by atoms with E-state index in [1.54, 1.807) is 34.7 Å². The number of oxime groups is 1. The van der Waals surface area contributed by atoms with Gasteiger partial charge in [0.1, 0.15) is 25.4 Å². The Balaban J connectivity index is 5.28. The SMILES string of the molecule is COC[C@@H](O[Si](C)(C)C)[C@H](OC)[C@H](OC)[C@H](C=NOC)OC. The van der Waals surface area contributed by atoms with Crippen molar-refractivity contribution in [3.05, 3.63) is 0 Å². The molecular weight excluding hydrogens is 306 g/mol. The van der Waals surface area contributed by atoms with E-state index in [1.165, 1.54) is 7.11 Å². The van der Waals surface area contributed by atoms with Gasteiger partial charge in [0, 0.05) is 28.4 Å². The third kappa shape index (κ3) is 7.66. The summed E-state index contributed by atoms with van der Waals surface area (Å²) >= 11 is 0. The first-order valence-corrected chi connectivity index (χ1v) is 10.6. The van der Waals surface area contributed by atoms with Crippen molar-refractivity contribution in [1.29, 1.82) is 0 Å². The topological polar surface area (TPSA) is 67.7 Å². The van der Waals surface area contributed by atoms with Crippen LogP contribution in [0.1, 0.15) is 0 Å². The van der Waals surface area contributed by atoms with E-state index in [4.69, 9.17) is 28.2 Å². The molecule has 8 heteroatoms. The summed E-state index contributed by atoms with van der Waals surface area (Å²) in [6.07, 6.45) is 0.0634. The molecule has 0 aliphatic heterocycles. The second-order valence-corrected chi connectivity index (χ2v) is 10.2. The third-order valence-corrected chi connectivity index (χ3v) is 3.99. The highest BCUT2D eigenvalue weighted by Gasteiger charge is 2.38. The Labute approximate surface area is 135 Å². The molecule has 7 nitrogen and oxygen atoms in total. The maximum Gasteiger partial charge on any atom is 0.184 e. The predicted molar refractivity (Wildman–Crippen MR) is 88.0 cm³/mol. The average Bonchev–Trinajstić information content (AvgIpc) is 2.45. The molecule has 0 aromatic heterocycles. The zero-order valence-corrected chi connectivity index (χ0v) is 16.0. The predicted octanol–water partition coefficient (Wildman–Crippen LogP) is 1.53. The number of hydrogen-bond acceptors (Lipinski definition) is 7. The van der Waals surface area contributed by atoms with E-state index < -0.39 is 20.5 Å². The molecule has 132 valence electrons. The van der Waals surface area contributed by atoms with Crippen LogP contribution in [-0.4, -0.2) is 81.1 Å². The van der Waals surface area contributed by atoms with Crippen molar-refractivity contribution in [2.24, 2.45) is 5.16 Å². The minimum Gasteiger partial charge on any atom is -0.410 e. The molecule has 0 amide bonds. The zero-order chi connectivity index (χ0) is 17.2. The van der Waals surface area contributed by atoms with Crippen LogP contribution in [0.2, 0.25) is 19.6 Å². The molecule has 0 aromatic carbocycles. The molecule has 4 atom stereocenters. The van der Waals surface area contributed by atoms with Crippen LogP contribution >= 0.6 is 0 Å². The van der Waals surface area contributed by atoms with Gasteiger partial charge in [-0.1, -0.05) is 5.16 Å². The van der Waals surface area contributed by atoms with Crippen molar-refractivity contribution in [2.45, 2.75) is 44.1 Å². The van der Waals surface area contributed by atoms with Gasteiger partial charge in [-0.15, -0.1) is 0 Å². The Kier molecular flexibility index (Phi) is 10.8. The van der Waals surface area contributed by atoms with E-state index >= 15 is 0 Å². The second-order valence-electron chi connectivity index (χ2n) is 5.76. The van der Waals surface area contributed by atoms with Gasteiger partial charge in [0.05, 0.1) is 18.9 Å². The third-order valence-electron chi connectivity index (χ3n) is 2.98. The summed E-state index contributed by atoms with van der Waals surface area (Å²) < 4.78 is 28.1. The van der Waals surface area contributed by atoms with Crippen LogP contribution in [0.25, 0.3) is 0 Å². The molecule has 0 fully saturated rings. The normalized spacial score (nSPS) is 18.2. The first kappa shape index (κ1) is 21.5. The Bertz CT molecular complexity index is 310. The number of nitrogens with zero attached hydrogens (tertiary/aromatic N) is 1. The Morgan fingerprint density at radius 2 is 1.50 bits per heavy atom. The summed E-state index contributed by atoms with van der Waals surface area (Å²) in [5.41, 5.74) is 0. The molecule has 0 bridgehead atoms. The van der Waals surface area contributed by atoms with Crippen LogP contribution in [0.3, 0.4) is 0 Å². The summed E-state index contributed by atoms with van der Waals surface area (Å²) in [6, 6.07) is 0. The molecule has 0 aliphatic carbocycles. The van der Waals surface area contributed by atoms with Crippen LogP contribution in [0, 0.1) is 0 Å². The fraction of sp³-hybridized carbons (Fsp3) is 0.929. The van der Waals surface area contributed by atoms with Crippen LogP contribution in [0.5, 0.6) is 0 Å². The highest BCUT2D eigenvalue weighted by atomic mass is 28.4. The molecular formula is C14H31NO6Si. The Morgan fingerprint density at radius 1 is 0.909 bits per heavy atom. The van der Waals surface area contributed by atoms with Crippen molar-refractivity contribution < 1.29 is 28.2 Å². The van der Waals surface area contributed by atoms with Gasteiger partial charge < -0.3 is 28.2 Å². The summed E-state index contributed by atoms with van der Waals surface area (Å²) in [5, 5.41) is 3.76. The minimum absolute atomic E-state index is 0.264. The van der Waals surface area contributed by atoms with Gasteiger partial charge in [0.15, 0.2) is 8.32 Å². The van der Waals surface area contributed by atoms with Gasteiger partial charge in [-0.2, -0.15) is 0 Å². The summed E-state index contributed by atoms with van der Waals surface area (Å²) in [6.45, 7) is 6.75. The molecule has 0 N–H and O–H groups in total. The first-order chi connectivity index (χ1) is 10.3. The summed E-state index contributed by atoms with van der Waals surface area (Å²) in [7, 11) is 6.12. The van der Waals surface area contributed by atoms with E-state index in [2.05, 4.69) is 24.8 Å². The molecule has 0 spiro atoms. The molecule has 22 heavy (non-hydrogen) atoms. The number of methoxy groups -OCH3 is 4. The molecule has 0 aliphatic rings. The quantitative estimate of drug-likeness (QED) is 0.306. The van der Waals surface area contributed by atoms with E-state index in [0.29, 0.717) is 6.61 Å². The van der Waals surface area contributed by atoms with Crippen LogP contribution in [0.4, 0.5) is 0 Å². The van der Waals surface area contributed by atoms with Crippen LogP contribution in [0.15, 0.2) is 5.16 Å². The Hall–Kier alpha value is -0.513. The van der Waals surface area contributed by atoms with Gasteiger partial charge in [0.25, 0.3) is 0 Å². The lowest BCUT2D eigenvalue weighted by Gasteiger charge is -2.36. The van der Waals surface area contributed by atoms with Gasteiger partial charge >= 0.3 is 0 Å². The van der Waals surface area contributed by atoms with E-state index in [-0.39, 0.29) is 12.2 Å². The number of rotatable bonds is 12. The fourth-order valence-corrected chi connectivity index (χ4v) is 3.28. The largest absolute Gasteiger partial charge is 0.410 e. The van der Waals surface area contributed by atoms with Crippen LogP contribution < -0.4 is 0 Å². The molecule has 0 saturated heterocycles. The van der Waals surface area contributed by atoms with Gasteiger partial charge in [0.2, 0.25) is 0 Å². The lowest BCUT2D eigenvalue weighted by atomic mass is 10.0. The maximum atomic E-state index is 6.19. The van der Waals surface area contributed by atoms with Crippen molar-refractivity contribution in [3.8, 4) is 0 Å². The molecule has 0 radical (unpaired) electrons. The minimum atomic E-state index is -1.78. The van der Waals surface area contributed by atoms with E-state index in [1.807, 2.05) is 0 Å². The second kappa shape index (κ2) is 11.1. The maximum absolute atomic E-state index is 6.19. The van der Waals surface area contributed by atoms with Crippen LogP contribution in [-0.2, 0) is 28.2 Å². The average molecular weight is 337 g/mol. The monoisotopic (exact) mass is 337 g/mol.